The predicted molar refractivity (Wildman–Crippen MR) is 132 cm³/mol. The molecule has 0 radical (unpaired) electrons. The zero-order valence-corrected chi connectivity index (χ0v) is 19.8. The van der Waals surface area contributed by atoms with Crippen molar-refractivity contribution in [2.75, 3.05) is 0 Å². The number of aromatic nitrogens is 2. The number of aryl methyl sites for hydroxylation is 1. The minimum Gasteiger partial charge on any atom is -0.459 e. The second-order valence-electron chi connectivity index (χ2n) is 7.76. The summed E-state index contributed by atoms with van der Waals surface area (Å²) in [4.78, 5) is 11.2. The summed E-state index contributed by atoms with van der Waals surface area (Å²) in [7, 11) is 0. The zero-order chi connectivity index (χ0) is 22.1. The largest absolute Gasteiger partial charge is 0.459 e. The van der Waals surface area contributed by atoms with Gasteiger partial charge < -0.3 is 14.6 Å². The smallest absolute Gasteiger partial charge is 0.170 e. The Kier molecular flexibility index (Phi) is 5.76. The number of nitrogens with zero attached hydrogens (tertiary/aromatic N) is 3. The predicted octanol–water partition coefficient (Wildman–Crippen LogP) is 5.98. The molecule has 3 aromatic heterocycles. The lowest BCUT2D eigenvalue weighted by Gasteiger charge is -2.25. The topological polar surface area (TPSA) is 54.2 Å². The number of halogens is 1. The van der Waals surface area contributed by atoms with Crippen molar-refractivity contribution in [2.24, 2.45) is 0 Å². The molecule has 1 aliphatic rings. The van der Waals surface area contributed by atoms with Gasteiger partial charge in [-0.1, -0.05) is 34.1 Å². The molecule has 0 saturated carbocycles. The van der Waals surface area contributed by atoms with Gasteiger partial charge in [-0.15, -0.1) is 0 Å². The monoisotopic (exact) mass is 504 g/mol. The van der Waals surface area contributed by atoms with Crippen molar-refractivity contribution >= 4 is 33.3 Å². The molecule has 1 N–H and O–H groups in total. The maximum absolute atomic E-state index is 6.42. The van der Waals surface area contributed by atoms with Gasteiger partial charge in [0.15, 0.2) is 5.11 Å². The van der Waals surface area contributed by atoms with Crippen molar-refractivity contribution in [3.05, 3.63) is 106 Å². The quantitative estimate of drug-likeness (QED) is 0.337. The van der Waals surface area contributed by atoms with E-state index in [0.717, 1.165) is 32.9 Å². The van der Waals surface area contributed by atoms with Gasteiger partial charge in [0.2, 0.25) is 0 Å². The summed E-state index contributed by atoms with van der Waals surface area (Å²) in [5, 5.41) is 4.11. The van der Waals surface area contributed by atoms with Gasteiger partial charge in [0, 0.05) is 22.4 Å². The molecule has 0 unspecified atom stereocenters. The standard InChI is InChI=1S/C25H21BrN4OS/c1-16-8-9-18(19(26)14-16)21-10-11-22(31-21)24-23(20-7-3-5-13-28-20)29-25(32)30(24)15-17-6-2-4-12-27-17/h2-14,23-24H,15H2,1H3,(H,29,32)/t23-,24-/m1/s1. The summed E-state index contributed by atoms with van der Waals surface area (Å²) in [6.45, 7) is 2.64. The summed E-state index contributed by atoms with van der Waals surface area (Å²) in [6, 6.07) is 21.8. The first kappa shape index (κ1) is 20.8. The summed E-state index contributed by atoms with van der Waals surface area (Å²) in [5.74, 6) is 1.63. The number of rotatable bonds is 5. The minimum absolute atomic E-state index is 0.132. The number of hydrogen-bond acceptors (Lipinski definition) is 4. The average molecular weight is 505 g/mol. The molecule has 160 valence electrons. The number of pyridine rings is 2. The van der Waals surface area contributed by atoms with E-state index in [4.69, 9.17) is 16.6 Å². The van der Waals surface area contributed by atoms with Crippen LogP contribution in [0.5, 0.6) is 0 Å². The summed E-state index contributed by atoms with van der Waals surface area (Å²) in [6.07, 6.45) is 3.60. The lowest BCUT2D eigenvalue weighted by molar-refractivity contribution is 0.267. The minimum atomic E-state index is -0.155. The van der Waals surface area contributed by atoms with Crippen LogP contribution in [0.25, 0.3) is 11.3 Å². The van der Waals surface area contributed by atoms with Gasteiger partial charge >= 0.3 is 0 Å². The summed E-state index contributed by atoms with van der Waals surface area (Å²) >= 11 is 9.41. The van der Waals surface area contributed by atoms with E-state index < -0.39 is 0 Å². The van der Waals surface area contributed by atoms with E-state index >= 15 is 0 Å². The van der Waals surface area contributed by atoms with E-state index in [1.54, 1.807) is 12.4 Å². The first-order valence-electron chi connectivity index (χ1n) is 10.3. The van der Waals surface area contributed by atoms with Gasteiger partial charge in [0.05, 0.1) is 24.0 Å². The highest BCUT2D eigenvalue weighted by atomic mass is 79.9. The van der Waals surface area contributed by atoms with Crippen molar-refractivity contribution in [3.63, 3.8) is 0 Å². The van der Waals surface area contributed by atoms with Crippen LogP contribution < -0.4 is 5.32 Å². The second kappa shape index (κ2) is 8.84. The Hall–Kier alpha value is -3.03. The van der Waals surface area contributed by atoms with Crippen LogP contribution in [0.3, 0.4) is 0 Å². The van der Waals surface area contributed by atoms with Crippen LogP contribution in [0.1, 0.15) is 34.8 Å². The molecule has 0 bridgehead atoms. The van der Waals surface area contributed by atoms with E-state index in [-0.39, 0.29) is 12.1 Å². The number of thiocarbonyl (C=S) groups is 1. The Balaban J connectivity index is 1.55. The number of nitrogens with one attached hydrogen (secondary N) is 1. The third-order valence-electron chi connectivity index (χ3n) is 5.56. The molecule has 32 heavy (non-hydrogen) atoms. The Morgan fingerprint density at radius 3 is 2.56 bits per heavy atom. The molecule has 1 fully saturated rings. The highest BCUT2D eigenvalue weighted by Crippen LogP contribution is 2.41. The number of benzene rings is 1. The van der Waals surface area contributed by atoms with Crippen LogP contribution in [0.4, 0.5) is 0 Å². The van der Waals surface area contributed by atoms with Crippen LogP contribution in [0, 0.1) is 6.92 Å². The Morgan fingerprint density at radius 2 is 1.84 bits per heavy atom. The lowest BCUT2D eigenvalue weighted by atomic mass is 10.0. The van der Waals surface area contributed by atoms with Crippen molar-refractivity contribution in [3.8, 4) is 11.3 Å². The molecule has 5 rings (SSSR count). The Bertz CT molecular complexity index is 1250. The first-order valence-corrected chi connectivity index (χ1v) is 11.5. The molecular weight excluding hydrogens is 484 g/mol. The van der Waals surface area contributed by atoms with Gasteiger partial charge in [-0.2, -0.15) is 0 Å². The third kappa shape index (κ3) is 4.06. The Morgan fingerprint density at radius 1 is 1.03 bits per heavy atom. The summed E-state index contributed by atoms with van der Waals surface area (Å²) < 4.78 is 7.43. The maximum Gasteiger partial charge on any atom is 0.170 e. The zero-order valence-electron chi connectivity index (χ0n) is 17.4. The second-order valence-corrected chi connectivity index (χ2v) is 9.00. The molecule has 0 amide bonds. The molecule has 1 saturated heterocycles. The van der Waals surface area contributed by atoms with Crippen LogP contribution in [0.15, 0.2) is 88.0 Å². The fourth-order valence-corrected chi connectivity index (χ4v) is 5.02. The van der Waals surface area contributed by atoms with Crippen molar-refractivity contribution < 1.29 is 4.42 Å². The van der Waals surface area contributed by atoms with E-state index in [9.17, 15) is 0 Å². The first-order chi connectivity index (χ1) is 15.6. The molecule has 0 spiro atoms. The number of furan rings is 1. The van der Waals surface area contributed by atoms with Crippen molar-refractivity contribution in [1.29, 1.82) is 0 Å². The molecular formula is C25H21BrN4OS. The molecule has 7 heteroatoms. The normalized spacial score (nSPS) is 18.1. The Labute approximate surface area is 200 Å². The highest BCUT2D eigenvalue weighted by molar-refractivity contribution is 9.10. The van der Waals surface area contributed by atoms with Crippen LogP contribution >= 0.6 is 28.1 Å². The number of hydrogen-bond donors (Lipinski definition) is 1. The maximum atomic E-state index is 6.42. The molecule has 4 aromatic rings. The summed E-state index contributed by atoms with van der Waals surface area (Å²) in [5.41, 5.74) is 4.06. The highest BCUT2D eigenvalue weighted by Gasteiger charge is 2.41. The molecule has 4 heterocycles. The average Bonchev–Trinajstić information content (AvgIpc) is 3.40. The molecule has 1 aliphatic heterocycles. The van der Waals surface area contributed by atoms with Crippen LogP contribution in [-0.4, -0.2) is 20.0 Å². The van der Waals surface area contributed by atoms with Crippen LogP contribution in [0.2, 0.25) is 0 Å². The fraction of sp³-hybridized carbons (Fsp3) is 0.160. The molecule has 0 aliphatic carbocycles. The molecule has 2 atom stereocenters. The van der Waals surface area contributed by atoms with Gasteiger partial charge in [-0.25, -0.2) is 0 Å². The van der Waals surface area contributed by atoms with Crippen LogP contribution in [-0.2, 0) is 6.54 Å². The van der Waals surface area contributed by atoms with Gasteiger partial charge in [0.25, 0.3) is 0 Å². The SMILES string of the molecule is Cc1ccc(-c2ccc([C@@H]3[C@@H](c4ccccn4)NC(=S)N3Cc3ccccn3)o2)c(Br)c1. The van der Waals surface area contributed by atoms with E-state index in [2.05, 4.69) is 61.2 Å². The van der Waals surface area contributed by atoms with Gasteiger partial charge in [0.1, 0.15) is 17.6 Å². The molecule has 5 nitrogen and oxygen atoms in total. The lowest BCUT2D eigenvalue weighted by Crippen LogP contribution is -2.29. The van der Waals surface area contributed by atoms with E-state index in [0.29, 0.717) is 11.7 Å². The van der Waals surface area contributed by atoms with Gasteiger partial charge in [-0.05, 0) is 73.2 Å². The fourth-order valence-electron chi connectivity index (χ4n) is 4.03. The van der Waals surface area contributed by atoms with Gasteiger partial charge in [-0.3, -0.25) is 9.97 Å². The third-order valence-corrected chi connectivity index (χ3v) is 6.57. The van der Waals surface area contributed by atoms with E-state index in [1.165, 1.54) is 5.56 Å². The van der Waals surface area contributed by atoms with Crippen molar-refractivity contribution in [2.45, 2.75) is 25.6 Å². The molecule has 1 aromatic carbocycles. The van der Waals surface area contributed by atoms with E-state index in [1.807, 2.05) is 48.5 Å². The van der Waals surface area contributed by atoms with Crippen molar-refractivity contribution in [1.82, 2.24) is 20.2 Å².